The molecule has 0 aliphatic carbocycles. The number of ether oxygens (including phenoxy) is 1. The third-order valence-corrected chi connectivity index (χ3v) is 5.27. The molecule has 0 spiro atoms. The maximum absolute atomic E-state index is 5.87. The molecule has 0 bridgehead atoms. The molecule has 1 aliphatic rings. The van der Waals surface area contributed by atoms with Crippen molar-refractivity contribution in [2.75, 3.05) is 25.1 Å². The first kappa shape index (κ1) is 15.7. The van der Waals surface area contributed by atoms with Gasteiger partial charge in [-0.25, -0.2) is 4.98 Å². The Bertz CT molecular complexity index is 415. The molecule has 5 heteroatoms. The van der Waals surface area contributed by atoms with Gasteiger partial charge in [-0.05, 0) is 31.6 Å². The fourth-order valence-electron chi connectivity index (χ4n) is 2.57. The van der Waals surface area contributed by atoms with Crippen LogP contribution < -0.4 is 10.6 Å². The molecule has 2 unspecified atom stereocenters. The van der Waals surface area contributed by atoms with Crippen LogP contribution in [0.2, 0.25) is 0 Å². The molecule has 2 atom stereocenters. The quantitative estimate of drug-likeness (QED) is 0.876. The van der Waals surface area contributed by atoms with Gasteiger partial charge in [0.05, 0.1) is 11.8 Å². The van der Waals surface area contributed by atoms with E-state index in [0.717, 1.165) is 31.1 Å². The van der Waals surface area contributed by atoms with E-state index in [-0.39, 0.29) is 0 Å². The molecule has 1 saturated heterocycles. The predicted octanol–water partition coefficient (Wildman–Crippen LogP) is 3.12. The summed E-state index contributed by atoms with van der Waals surface area (Å²) < 4.78 is 5.81. The Morgan fingerprint density at radius 2 is 2.30 bits per heavy atom. The van der Waals surface area contributed by atoms with E-state index in [9.17, 15) is 0 Å². The fraction of sp³-hybridized carbons (Fsp3) is 0.800. The predicted molar refractivity (Wildman–Crippen MR) is 85.6 cm³/mol. The molecule has 2 heterocycles. The standard InChI is InChI=1S/C15H27N3OS/c1-4-11(2)14-13(9-16)20-15(17-14)18(3)10-12-7-5-6-8-19-12/h11-12H,4-10,16H2,1-3H3. The van der Waals surface area contributed by atoms with E-state index in [1.807, 2.05) is 0 Å². The Morgan fingerprint density at radius 3 is 2.90 bits per heavy atom. The molecule has 0 saturated carbocycles. The number of thiazole rings is 1. The zero-order valence-corrected chi connectivity index (χ0v) is 13.7. The highest BCUT2D eigenvalue weighted by molar-refractivity contribution is 7.15. The second-order valence-corrected chi connectivity index (χ2v) is 6.75. The lowest BCUT2D eigenvalue weighted by atomic mass is 10.0. The topological polar surface area (TPSA) is 51.4 Å². The summed E-state index contributed by atoms with van der Waals surface area (Å²) in [5, 5.41) is 1.08. The minimum Gasteiger partial charge on any atom is -0.376 e. The van der Waals surface area contributed by atoms with Crippen LogP contribution in [0.15, 0.2) is 0 Å². The number of aromatic nitrogens is 1. The van der Waals surface area contributed by atoms with Gasteiger partial charge in [0.1, 0.15) is 0 Å². The Labute approximate surface area is 126 Å². The molecule has 0 amide bonds. The van der Waals surface area contributed by atoms with Crippen LogP contribution in [0.4, 0.5) is 5.13 Å². The zero-order chi connectivity index (χ0) is 14.5. The van der Waals surface area contributed by atoms with Crippen LogP contribution in [-0.4, -0.2) is 31.3 Å². The van der Waals surface area contributed by atoms with Gasteiger partial charge in [0.2, 0.25) is 0 Å². The summed E-state index contributed by atoms with van der Waals surface area (Å²) in [5.41, 5.74) is 7.05. The van der Waals surface area contributed by atoms with E-state index in [1.54, 1.807) is 11.3 Å². The summed E-state index contributed by atoms with van der Waals surface area (Å²) >= 11 is 1.73. The van der Waals surface area contributed by atoms with E-state index >= 15 is 0 Å². The summed E-state index contributed by atoms with van der Waals surface area (Å²) in [6, 6.07) is 0. The molecule has 2 rings (SSSR count). The van der Waals surface area contributed by atoms with E-state index in [4.69, 9.17) is 15.5 Å². The van der Waals surface area contributed by atoms with Gasteiger partial charge in [0.25, 0.3) is 0 Å². The van der Waals surface area contributed by atoms with Crippen molar-refractivity contribution >= 4 is 16.5 Å². The highest BCUT2D eigenvalue weighted by Crippen LogP contribution is 2.31. The van der Waals surface area contributed by atoms with Gasteiger partial charge < -0.3 is 15.4 Å². The summed E-state index contributed by atoms with van der Waals surface area (Å²) in [5.74, 6) is 0.484. The zero-order valence-electron chi connectivity index (χ0n) is 12.9. The lowest BCUT2D eigenvalue weighted by molar-refractivity contribution is 0.0216. The lowest BCUT2D eigenvalue weighted by Crippen LogP contribution is -2.33. The normalized spacial score (nSPS) is 20.9. The molecule has 1 fully saturated rings. The number of hydrogen-bond donors (Lipinski definition) is 1. The number of likely N-dealkylation sites (N-methyl/N-ethyl adjacent to an activating group) is 1. The van der Waals surface area contributed by atoms with Crippen LogP contribution in [0.5, 0.6) is 0 Å². The van der Waals surface area contributed by atoms with Gasteiger partial charge in [-0.1, -0.05) is 13.8 Å². The number of anilines is 1. The highest BCUT2D eigenvalue weighted by Gasteiger charge is 2.20. The monoisotopic (exact) mass is 297 g/mol. The first-order valence-corrected chi connectivity index (χ1v) is 8.49. The average Bonchev–Trinajstić information content (AvgIpc) is 2.92. The third-order valence-electron chi connectivity index (χ3n) is 4.06. The molecular weight excluding hydrogens is 270 g/mol. The molecule has 0 radical (unpaired) electrons. The van der Waals surface area contributed by atoms with Crippen LogP contribution in [-0.2, 0) is 11.3 Å². The molecule has 114 valence electrons. The number of rotatable bonds is 6. The van der Waals surface area contributed by atoms with Gasteiger partial charge in [-0.15, -0.1) is 11.3 Å². The third kappa shape index (κ3) is 3.71. The first-order chi connectivity index (χ1) is 9.65. The molecule has 1 aromatic heterocycles. The van der Waals surface area contributed by atoms with Crippen molar-refractivity contribution < 1.29 is 4.74 Å². The Kier molecular flexibility index (Phi) is 5.81. The number of nitrogens with zero attached hydrogens (tertiary/aromatic N) is 2. The van der Waals surface area contributed by atoms with Crippen LogP contribution in [0, 0.1) is 0 Å². The SMILES string of the molecule is CCC(C)c1nc(N(C)CC2CCCCO2)sc1CN. The maximum Gasteiger partial charge on any atom is 0.185 e. The molecule has 1 aromatic rings. The van der Waals surface area contributed by atoms with Crippen molar-refractivity contribution in [3.05, 3.63) is 10.6 Å². The smallest absolute Gasteiger partial charge is 0.185 e. The Hall–Kier alpha value is -0.650. The van der Waals surface area contributed by atoms with E-state index in [2.05, 4.69) is 25.8 Å². The van der Waals surface area contributed by atoms with Crippen molar-refractivity contribution in [2.45, 2.75) is 58.1 Å². The molecule has 2 N–H and O–H groups in total. The van der Waals surface area contributed by atoms with Crippen molar-refractivity contribution in [2.24, 2.45) is 5.73 Å². The molecule has 20 heavy (non-hydrogen) atoms. The minimum absolute atomic E-state index is 0.353. The highest BCUT2D eigenvalue weighted by atomic mass is 32.1. The van der Waals surface area contributed by atoms with Gasteiger partial charge in [0, 0.05) is 31.6 Å². The molecule has 4 nitrogen and oxygen atoms in total. The van der Waals surface area contributed by atoms with E-state index in [1.165, 1.54) is 23.4 Å². The van der Waals surface area contributed by atoms with Gasteiger partial charge in [0.15, 0.2) is 5.13 Å². The van der Waals surface area contributed by atoms with Gasteiger partial charge in [-0.2, -0.15) is 0 Å². The van der Waals surface area contributed by atoms with Crippen LogP contribution in [0.1, 0.15) is 56.0 Å². The summed E-state index contributed by atoms with van der Waals surface area (Å²) in [4.78, 5) is 8.28. The largest absolute Gasteiger partial charge is 0.376 e. The van der Waals surface area contributed by atoms with E-state index in [0.29, 0.717) is 18.6 Å². The van der Waals surface area contributed by atoms with Crippen LogP contribution in [0.25, 0.3) is 0 Å². The number of nitrogens with two attached hydrogens (primary N) is 1. The molecular formula is C15H27N3OS. The maximum atomic E-state index is 5.87. The Morgan fingerprint density at radius 1 is 1.50 bits per heavy atom. The Balaban J connectivity index is 2.05. The van der Waals surface area contributed by atoms with E-state index < -0.39 is 0 Å². The minimum atomic E-state index is 0.353. The van der Waals surface area contributed by atoms with Gasteiger partial charge >= 0.3 is 0 Å². The van der Waals surface area contributed by atoms with Crippen molar-refractivity contribution in [1.29, 1.82) is 0 Å². The lowest BCUT2D eigenvalue weighted by Gasteiger charge is -2.27. The summed E-state index contributed by atoms with van der Waals surface area (Å²) in [6.45, 7) is 6.84. The van der Waals surface area contributed by atoms with Crippen molar-refractivity contribution in [3.8, 4) is 0 Å². The second kappa shape index (κ2) is 7.38. The first-order valence-electron chi connectivity index (χ1n) is 7.68. The van der Waals surface area contributed by atoms with Crippen LogP contribution >= 0.6 is 11.3 Å². The summed E-state index contributed by atoms with van der Waals surface area (Å²) in [6.07, 6.45) is 5.10. The van der Waals surface area contributed by atoms with Crippen molar-refractivity contribution in [1.82, 2.24) is 4.98 Å². The second-order valence-electron chi connectivity index (χ2n) is 5.69. The fourth-order valence-corrected chi connectivity index (χ4v) is 3.60. The van der Waals surface area contributed by atoms with Crippen LogP contribution in [0.3, 0.4) is 0 Å². The average molecular weight is 297 g/mol. The number of hydrogen-bond acceptors (Lipinski definition) is 5. The van der Waals surface area contributed by atoms with Crippen molar-refractivity contribution in [3.63, 3.8) is 0 Å². The summed E-state index contributed by atoms with van der Waals surface area (Å²) in [7, 11) is 2.11. The molecule has 0 aromatic carbocycles. The molecule has 1 aliphatic heterocycles. The van der Waals surface area contributed by atoms with Gasteiger partial charge in [-0.3, -0.25) is 0 Å².